The van der Waals surface area contributed by atoms with Crippen molar-refractivity contribution in [3.8, 4) is 0 Å². The number of benzene rings is 3. The number of rotatable bonds is 4. The summed E-state index contributed by atoms with van der Waals surface area (Å²) in [5, 5.41) is 4.84. The van der Waals surface area contributed by atoms with Crippen molar-refractivity contribution >= 4 is 27.5 Å². The van der Waals surface area contributed by atoms with Gasteiger partial charge in [0.2, 0.25) is 0 Å². The van der Waals surface area contributed by atoms with Gasteiger partial charge in [-0.25, -0.2) is 0 Å². The van der Waals surface area contributed by atoms with Crippen molar-refractivity contribution in [2.75, 3.05) is 0 Å². The molecular formula is C21H22O2. The minimum absolute atomic E-state index is 0.140. The van der Waals surface area contributed by atoms with Gasteiger partial charge < -0.3 is 4.74 Å². The monoisotopic (exact) mass is 306 g/mol. The molecule has 0 bridgehead atoms. The minimum Gasteiger partial charge on any atom is -0.460 e. The van der Waals surface area contributed by atoms with Crippen molar-refractivity contribution in [1.29, 1.82) is 0 Å². The lowest BCUT2D eigenvalue weighted by molar-refractivity contribution is -0.155. The smallest absolute Gasteiger partial charge is 0.311 e. The number of hydrogen-bond acceptors (Lipinski definition) is 2. The van der Waals surface area contributed by atoms with Crippen LogP contribution in [0.2, 0.25) is 0 Å². The van der Waals surface area contributed by atoms with Gasteiger partial charge in [0, 0.05) is 0 Å². The molecule has 0 fully saturated rings. The second-order valence-electron chi connectivity index (χ2n) is 6.69. The predicted molar refractivity (Wildman–Crippen MR) is 95.3 cm³/mol. The standard InChI is InChI=1S/C21H22O2/c1-4-21(2,3)20(22)23-14-15-9-10-18-12-16-7-5-6-8-17(16)13-19(18)11-15/h5-13H,4,14H2,1-3H3. The van der Waals surface area contributed by atoms with Gasteiger partial charge in [-0.1, -0.05) is 43.3 Å². The second-order valence-corrected chi connectivity index (χ2v) is 6.69. The summed E-state index contributed by atoms with van der Waals surface area (Å²) in [6, 6.07) is 19.0. The van der Waals surface area contributed by atoms with Crippen molar-refractivity contribution in [2.24, 2.45) is 5.41 Å². The van der Waals surface area contributed by atoms with E-state index in [0.717, 1.165) is 12.0 Å². The lowest BCUT2D eigenvalue weighted by Crippen LogP contribution is -2.25. The number of fused-ring (bicyclic) bond motifs is 2. The van der Waals surface area contributed by atoms with Gasteiger partial charge in [0.15, 0.2) is 0 Å². The highest BCUT2D eigenvalue weighted by Gasteiger charge is 2.26. The Morgan fingerprint density at radius 2 is 1.52 bits per heavy atom. The van der Waals surface area contributed by atoms with Gasteiger partial charge in [0.25, 0.3) is 0 Å². The molecule has 0 radical (unpaired) electrons. The lowest BCUT2D eigenvalue weighted by Gasteiger charge is -2.20. The van der Waals surface area contributed by atoms with Gasteiger partial charge >= 0.3 is 5.97 Å². The molecule has 0 atom stereocenters. The molecule has 0 amide bonds. The molecule has 0 aromatic heterocycles. The van der Waals surface area contributed by atoms with Crippen molar-refractivity contribution in [2.45, 2.75) is 33.8 Å². The zero-order chi connectivity index (χ0) is 16.4. The first-order valence-corrected chi connectivity index (χ1v) is 8.08. The van der Waals surface area contributed by atoms with E-state index in [4.69, 9.17) is 4.74 Å². The molecule has 0 unspecified atom stereocenters. The first kappa shape index (κ1) is 15.5. The summed E-state index contributed by atoms with van der Waals surface area (Å²) in [5.74, 6) is -0.140. The van der Waals surface area contributed by atoms with Crippen molar-refractivity contribution in [3.05, 3.63) is 60.2 Å². The van der Waals surface area contributed by atoms with E-state index in [-0.39, 0.29) is 5.97 Å². The molecule has 0 spiro atoms. The SMILES string of the molecule is CCC(C)(C)C(=O)OCc1ccc2cc3ccccc3cc2c1. The third-order valence-electron chi connectivity index (χ3n) is 4.58. The number of carbonyl (C=O) groups excluding carboxylic acids is 1. The van der Waals surface area contributed by atoms with Gasteiger partial charge in [-0.05, 0) is 65.6 Å². The summed E-state index contributed by atoms with van der Waals surface area (Å²) in [4.78, 5) is 12.1. The van der Waals surface area contributed by atoms with Gasteiger partial charge in [0.1, 0.15) is 6.61 Å². The quantitative estimate of drug-likeness (QED) is 0.472. The minimum atomic E-state index is -0.424. The van der Waals surface area contributed by atoms with Crippen LogP contribution in [0.1, 0.15) is 32.8 Å². The lowest BCUT2D eigenvalue weighted by atomic mass is 9.91. The Balaban J connectivity index is 1.85. The van der Waals surface area contributed by atoms with Crippen LogP contribution in [0.3, 0.4) is 0 Å². The van der Waals surface area contributed by atoms with E-state index in [1.165, 1.54) is 21.5 Å². The molecule has 0 N–H and O–H groups in total. The van der Waals surface area contributed by atoms with E-state index in [9.17, 15) is 4.79 Å². The summed E-state index contributed by atoms with van der Waals surface area (Å²) in [5.41, 5.74) is 0.598. The zero-order valence-corrected chi connectivity index (χ0v) is 13.9. The highest BCUT2D eigenvalue weighted by Crippen LogP contribution is 2.25. The third-order valence-corrected chi connectivity index (χ3v) is 4.58. The molecule has 3 rings (SSSR count). The van der Waals surface area contributed by atoms with Crippen LogP contribution in [0, 0.1) is 5.41 Å². The Hall–Kier alpha value is -2.35. The third kappa shape index (κ3) is 3.21. The Morgan fingerprint density at radius 1 is 0.913 bits per heavy atom. The van der Waals surface area contributed by atoms with Gasteiger partial charge in [-0.2, -0.15) is 0 Å². The molecule has 0 aliphatic heterocycles. The molecule has 0 aliphatic carbocycles. The summed E-state index contributed by atoms with van der Waals surface area (Å²) in [6.07, 6.45) is 0.773. The highest BCUT2D eigenvalue weighted by atomic mass is 16.5. The second kappa shape index (κ2) is 6.04. The van der Waals surface area contributed by atoms with E-state index in [0.29, 0.717) is 6.61 Å². The molecule has 3 aromatic carbocycles. The summed E-state index contributed by atoms with van der Waals surface area (Å²) < 4.78 is 5.48. The highest BCUT2D eigenvalue weighted by molar-refractivity contribution is 5.98. The van der Waals surface area contributed by atoms with Crippen LogP contribution >= 0.6 is 0 Å². The fourth-order valence-corrected chi connectivity index (χ4v) is 2.57. The van der Waals surface area contributed by atoms with E-state index < -0.39 is 5.41 Å². The van der Waals surface area contributed by atoms with Crippen molar-refractivity contribution in [3.63, 3.8) is 0 Å². The first-order chi connectivity index (χ1) is 11.0. The van der Waals surface area contributed by atoms with Crippen LogP contribution in [0.15, 0.2) is 54.6 Å². The Bertz CT molecular complexity index is 862. The van der Waals surface area contributed by atoms with Gasteiger partial charge in [-0.3, -0.25) is 4.79 Å². The number of carbonyl (C=O) groups is 1. The van der Waals surface area contributed by atoms with Crippen LogP contribution in [-0.4, -0.2) is 5.97 Å². The Morgan fingerprint density at radius 3 is 2.17 bits per heavy atom. The van der Waals surface area contributed by atoms with Gasteiger partial charge in [-0.15, -0.1) is 0 Å². The number of ether oxygens (including phenoxy) is 1. The Labute approximate surface area is 137 Å². The number of esters is 1. The van der Waals surface area contributed by atoms with Crippen LogP contribution < -0.4 is 0 Å². The maximum atomic E-state index is 12.1. The van der Waals surface area contributed by atoms with Gasteiger partial charge in [0.05, 0.1) is 5.41 Å². The summed E-state index contributed by atoms with van der Waals surface area (Å²) >= 11 is 0. The summed E-state index contributed by atoms with van der Waals surface area (Å²) in [7, 11) is 0. The zero-order valence-electron chi connectivity index (χ0n) is 13.9. The van der Waals surface area contributed by atoms with E-state index in [1.807, 2.05) is 32.9 Å². The molecule has 118 valence electrons. The van der Waals surface area contributed by atoms with Crippen LogP contribution in [0.5, 0.6) is 0 Å². The molecule has 0 saturated heterocycles. The molecule has 0 aliphatic rings. The summed E-state index contributed by atoms with van der Waals surface area (Å²) in [6.45, 7) is 6.16. The molecule has 23 heavy (non-hydrogen) atoms. The van der Waals surface area contributed by atoms with E-state index in [1.54, 1.807) is 0 Å². The maximum absolute atomic E-state index is 12.1. The largest absolute Gasteiger partial charge is 0.460 e. The molecule has 0 saturated carbocycles. The first-order valence-electron chi connectivity index (χ1n) is 8.08. The van der Waals surface area contributed by atoms with Crippen LogP contribution in [0.4, 0.5) is 0 Å². The average Bonchev–Trinajstić information content (AvgIpc) is 2.57. The van der Waals surface area contributed by atoms with Crippen molar-refractivity contribution < 1.29 is 9.53 Å². The van der Waals surface area contributed by atoms with Crippen LogP contribution in [0.25, 0.3) is 21.5 Å². The van der Waals surface area contributed by atoms with Crippen LogP contribution in [-0.2, 0) is 16.1 Å². The van der Waals surface area contributed by atoms with Crippen molar-refractivity contribution in [1.82, 2.24) is 0 Å². The molecule has 2 heteroatoms. The molecule has 0 heterocycles. The molecular weight excluding hydrogens is 284 g/mol. The predicted octanol–water partition coefficient (Wildman–Crippen LogP) is 5.47. The van der Waals surface area contributed by atoms with E-state index in [2.05, 4.69) is 42.5 Å². The normalized spacial score (nSPS) is 11.8. The maximum Gasteiger partial charge on any atom is 0.311 e. The fourth-order valence-electron chi connectivity index (χ4n) is 2.57. The Kier molecular flexibility index (Phi) is 4.08. The molecule has 3 aromatic rings. The average molecular weight is 306 g/mol. The number of hydrogen-bond donors (Lipinski definition) is 0. The van der Waals surface area contributed by atoms with E-state index >= 15 is 0 Å². The molecule has 2 nitrogen and oxygen atoms in total. The fraction of sp³-hybridized carbons (Fsp3) is 0.286. The topological polar surface area (TPSA) is 26.3 Å².